The molecule has 0 heterocycles. The van der Waals surface area contributed by atoms with Crippen LogP contribution in [0.1, 0.15) is 54.3 Å². The molecule has 0 saturated heterocycles. The molecule has 7 heteroatoms. The Labute approximate surface area is 163 Å². The number of benzene rings is 1. The predicted octanol–water partition coefficient (Wildman–Crippen LogP) is 2.69. The zero-order chi connectivity index (χ0) is 21.0. The van der Waals surface area contributed by atoms with E-state index in [-0.39, 0.29) is 42.1 Å². The van der Waals surface area contributed by atoms with E-state index >= 15 is 0 Å². The maximum atomic E-state index is 12.9. The van der Waals surface area contributed by atoms with E-state index in [1.54, 1.807) is 13.0 Å². The normalized spacial score (nSPS) is 15.4. The van der Waals surface area contributed by atoms with Gasteiger partial charge in [0.05, 0.1) is 17.5 Å². The van der Waals surface area contributed by atoms with Crippen LogP contribution in [0.25, 0.3) is 0 Å². The van der Waals surface area contributed by atoms with E-state index in [4.69, 9.17) is 9.84 Å². The van der Waals surface area contributed by atoms with Gasteiger partial charge in [-0.05, 0) is 38.0 Å². The molecule has 0 bridgehead atoms. The van der Waals surface area contributed by atoms with Crippen molar-refractivity contribution in [2.45, 2.75) is 39.7 Å². The first-order valence-corrected chi connectivity index (χ1v) is 8.94. The second-order valence-electron chi connectivity index (χ2n) is 7.13. The highest BCUT2D eigenvalue weighted by molar-refractivity contribution is 6.27. The van der Waals surface area contributed by atoms with Gasteiger partial charge in [0.2, 0.25) is 0 Å². The maximum Gasteiger partial charge on any atom is 0.306 e. The number of hydrogen-bond donors (Lipinski definition) is 3. The molecule has 0 radical (unpaired) electrons. The average molecular weight is 388 g/mol. The fraction of sp³-hybridized carbons (Fsp3) is 0.381. The predicted molar refractivity (Wildman–Crippen MR) is 101 cm³/mol. The Morgan fingerprint density at radius 2 is 1.75 bits per heavy atom. The molecule has 1 aromatic carbocycles. The molecule has 150 valence electrons. The lowest BCUT2D eigenvalue weighted by molar-refractivity contribution is -0.148. The van der Waals surface area contributed by atoms with Gasteiger partial charge in [-0.2, -0.15) is 0 Å². The molecule has 3 N–H and O–H groups in total. The van der Waals surface area contributed by atoms with Crippen LogP contribution in [-0.2, 0) is 9.53 Å². The van der Waals surface area contributed by atoms with Crippen molar-refractivity contribution >= 4 is 17.5 Å². The molecule has 0 aliphatic heterocycles. The average Bonchev–Trinajstić information content (AvgIpc) is 2.63. The summed E-state index contributed by atoms with van der Waals surface area (Å²) < 4.78 is 5.44. The maximum absolute atomic E-state index is 12.9. The Kier molecular flexibility index (Phi) is 6.75. The molecular weight excluding hydrogens is 364 g/mol. The summed E-state index contributed by atoms with van der Waals surface area (Å²) in [5.41, 5.74) is 0.293. The largest absolute Gasteiger partial charge is 0.507 e. The SMILES string of the molecule is CC(C)=CC[C@@H](OC(=O)CC(C)CO)C1=CC(=O)c2c(O)ccc(O)c2C1=O. The van der Waals surface area contributed by atoms with E-state index in [2.05, 4.69) is 0 Å². The monoisotopic (exact) mass is 388 g/mol. The molecule has 7 nitrogen and oxygen atoms in total. The Morgan fingerprint density at radius 1 is 1.14 bits per heavy atom. The van der Waals surface area contributed by atoms with Gasteiger partial charge < -0.3 is 20.1 Å². The van der Waals surface area contributed by atoms with Crippen LogP contribution < -0.4 is 0 Å². The fourth-order valence-corrected chi connectivity index (χ4v) is 2.86. The molecule has 1 aromatic rings. The van der Waals surface area contributed by atoms with Gasteiger partial charge in [-0.3, -0.25) is 14.4 Å². The molecule has 0 fully saturated rings. The number of ether oxygens (including phenoxy) is 1. The number of hydrogen-bond acceptors (Lipinski definition) is 7. The molecule has 1 aliphatic carbocycles. The molecule has 28 heavy (non-hydrogen) atoms. The van der Waals surface area contributed by atoms with Gasteiger partial charge in [0.15, 0.2) is 11.6 Å². The van der Waals surface area contributed by atoms with Crippen LogP contribution in [0.5, 0.6) is 11.5 Å². The number of fused-ring (bicyclic) bond motifs is 1. The molecular formula is C21H24O7. The molecule has 0 saturated carbocycles. The Hall–Kier alpha value is -2.93. The van der Waals surface area contributed by atoms with Crippen LogP contribution in [0.2, 0.25) is 0 Å². The highest BCUT2D eigenvalue weighted by Gasteiger charge is 2.35. The van der Waals surface area contributed by atoms with E-state index in [0.29, 0.717) is 0 Å². The highest BCUT2D eigenvalue weighted by Crippen LogP contribution is 2.36. The zero-order valence-corrected chi connectivity index (χ0v) is 16.1. The molecule has 0 spiro atoms. The second-order valence-corrected chi connectivity index (χ2v) is 7.13. The number of Topliss-reactive ketones (excluding diaryl/α,β-unsaturated/α-hetero) is 1. The Bertz CT molecular complexity index is 860. The summed E-state index contributed by atoms with van der Waals surface area (Å²) in [5, 5.41) is 29.1. The van der Waals surface area contributed by atoms with Gasteiger partial charge >= 0.3 is 5.97 Å². The standard InChI is InChI=1S/C21H24O7/c1-11(2)4-7-17(28-18(26)8-12(3)10-22)13-9-16(25)19-14(23)5-6-15(24)20(19)21(13)27/h4-6,9,12,17,22-24H,7-8,10H2,1-3H3/t12?,17-/m1/s1. The summed E-state index contributed by atoms with van der Waals surface area (Å²) in [5.74, 6) is -3.09. The molecule has 0 aromatic heterocycles. The van der Waals surface area contributed by atoms with Crippen molar-refractivity contribution in [3.63, 3.8) is 0 Å². The molecule has 1 aliphatic rings. The minimum atomic E-state index is -1.03. The number of allylic oxidation sites excluding steroid dienone is 2. The number of phenolic OH excluding ortho intramolecular Hbond substituents is 2. The van der Waals surface area contributed by atoms with E-state index in [1.807, 2.05) is 13.8 Å². The van der Waals surface area contributed by atoms with E-state index in [9.17, 15) is 24.6 Å². The van der Waals surface area contributed by atoms with Crippen molar-refractivity contribution in [2.75, 3.05) is 6.61 Å². The Balaban J connectivity index is 2.41. The number of esters is 1. The minimum Gasteiger partial charge on any atom is -0.507 e. The van der Waals surface area contributed by atoms with Crippen LogP contribution in [0.15, 0.2) is 35.4 Å². The minimum absolute atomic E-state index is 0.0418. The van der Waals surface area contributed by atoms with Crippen molar-refractivity contribution < 1.29 is 34.4 Å². The van der Waals surface area contributed by atoms with Gasteiger partial charge in [-0.25, -0.2) is 0 Å². The fourth-order valence-electron chi connectivity index (χ4n) is 2.86. The van der Waals surface area contributed by atoms with Crippen LogP contribution in [-0.4, -0.2) is 45.6 Å². The molecule has 2 atom stereocenters. The lowest BCUT2D eigenvalue weighted by Gasteiger charge is -2.24. The Morgan fingerprint density at radius 3 is 2.32 bits per heavy atom. The van der Waals surface area contributed by atoms with Crippen molar-refractivity contribution in [2.24, 2.45) is 5.92 Å². The van der Waals surface area contributed by atoms with Gasteiger partial charge in [-0.15, -0.1) is 0 Å². The first-order chi connectivity index (χ1) is 13.1. The summed E-state index contributed by atoms with van der Waals surface area (Å²) in [6, 6.07) is 2.26. The zero-order valence-electron chi connectivity index (χ0n) is 16.1. The number of aliphatic hydroxyl groups excluding tert-OH is 1. The topological polar surface area (TPSA) is 121 Å². The summed E-state index contributed by atoms with van der Waals surface area (Å²) in [7, 11) is 0. The van der Waals surface area contributed by atoms with Crippen molar-refractivity contribution in [1.82, 2.24) is 0 Å². The van der Waals surface area contributed by atoms with Crippen molar-refractivity contribution in [1.29, 1.82) is 0 Å². The quantitative estimate of drug-likeness (QED) is 0.373. The smallest absolute Gasteiger partial charge is 0.306 e. The second kappa shape index (κ2) is 8.84. The summed E-state index contributed by atoms with van der Waals surface area (Å²) >= 11 is 0. The number of phenols is 2. The lowest BCUT2D eigenvalue weighted by Crippen LogP contribution is -2.29. The molecule has 0 amide bonds. The summed E-state index contributed by atoms with van der Waals surface area (Å²) in [6.07, 6.45) is 1.90. The van der Waals surface area contributed by atoms with E-state index < -0.39 is 35.1 Å². The first-order valence-electron chi connectivity index (χ1n) is 8.94. The number of carbonyl (C=O) groups is 3. The summed E-state index contributed by atoms with van der Waals surface area (Å²) in [6.45, 7) is 5.18. The number of aromatic hydroxyl groups is 2. The number of ketones is 2. The van der Waals surface area contributed by atoms with Crippen molar-refractivity contribution in [3.8, 4) is 11.5 Å². The van der Waals surface area contributed by atoms with Crippen LogP contribution in [0, 0.1) is 5.92 Å². The van der Waals surface area contributed by atoms with Gasteiger partial charge in [-0.1, -0.05) is 18.6 Å². The molecule has 1 unspecified atom stereocenters. The lowest BCUT2D eigenvalue weighted by atomic mass is 9.85. The highest BCUT2D eigenvalue weighted by atomic mass is 16.5. The third-order valence-corrected chi connectivity index (χ3v) is 4.37. The van der Waals surface area contributed by atoms with Crippen molar-refractivity contribution in [3.05, 3.63) is 46.6 Å². The van der Waals surface area contributed by atoms with E-state index in [0.717, 1.165) is 23.8 Å². The number of rotatable bonds is 7. The van der Waals surface area contributed by atoms with Crippen LogP contribution in [0.3, 0.4) is 0 Å². The third kappa shape index (κ3) is 4.67. The molecule has 2 rings (SSSR count). The van der Waals surface area contributed by atoms with Gasteiger partial charge in [0, 0.05) is 18.6 Å². The third-order valence-electron chi connectivity index (χ3n) is 4.37. The van der Waals surface area contributed by atoms with Gasteiger partial charge in [0.25, 0.3) is 0 Å². The number of aliphatic hydroxyl groups is 1. The van der Waals surface area contributed by atoms with Crippen LogP contribution >= 0.6 is 0 Å². The van der Waals surface area contributed by atoms with Gasteiger partial charge in [0.1, 0.15) is 17.6 Å². The summed E-state index contributed by atoms with van der Waals surface area (Å²) in [4.78, 5) is 37.6. The first kappa shape index (κ1) is 21.4. The van der Waals surface area contributed by atoms with Crippen LogP contribution in [0.4, 0.5) is 0 Å². The number of carbonyl (C=O) groups excluding carboxylic acids is 3. The van der Waals surface area contributed by atoms with E-state index in [1.165, 1.54) is 0 Å².